The Hall–Kier alpha value is -2.74. The second-order valence-corrected chi connectivity index (χ2v) is 7.47. The fourth-order valence-corrected chi connectivity index (χ4v) is 4.36. The van der Waals surface area contributed by atoms with Gasteiger partial charge >= 0.3 is 5.76 Å². The van der Waals surface area contributed by atoms with Crippen LogP contribution < -0.4 is 14.8 Å². The number of para-hydroxylation sites is 2. The van der Waals surface area contributed by atoms with Gasteiger partial charge in [-0.05, 0) is 31.2 Å². The van der Waals surface area contributed by atoms with Gasteiger partial charge in [0.25, 0.3) is 10.0 Å². The van der Waals surface area contributed by atoms with Crippen LogP contribution in [0.5, 0.6) is 5.75 Å². The molecule has 1 aromatic heterocycles. The van der Waals surface area contributed by atoms with Crippen molar-refractivity contribution in [1.82, 2.24) is 4.98 Å². The Bertz CT molecular complexity index is 1080. The number of H-pyrrole nitrogens is 1. The monoisotopic (exact) mass is 346 g/mol. The van der Waals surface area contributed by atoms with Gasteiger partial charge in [-0.2, -0.15) is 0 Å². The highest BCUT2D eigenvalue weighted by atomic mass is 32.2. The van der Waals surface area contributed by atoms with Gasteiger partial charge < -0.3 is 9.15 Å². The van der Waals surface area contributed by atoms with E-state index in [9.17, 15) is 13.2 Å². The molecule has 2 heterocycles. The van der Waals surface area contributed by atoms with Gasteiger partial charge in [-0.15, -0.1) is 0 Å². The number of nitrogens with one attached hydrogen (secondary N) is 1. The average molecular weight is 346 g/mol. The summed E-state index contributed by atoms with van der Waals surface area (Å²) in [7, 11) is -3.81. The number of nitrogens with zero attached hydrogens (tertiary/aromatic N) is 1. The van der Waals surface area contributed by atoms with E-state index in [-0.39, 0.29) is 23.1 Å². The van der Waals surface area contributed by atoms with Gasteiger partial charge in [0.1, 0.15) is 11.9 Å². The summed E-state index contributed by atoms with van der Waals surface area (Å²) in [5.74, 6) is -0.0982. The van der Waals surface area contributed by atoms with E-state index in [4.69, 9.17) is 9.15 Å². The number of sulfonamides is 1. The second kappa shape index (κ2) is 5.13. The lowest BCUT2D eigenvalue weighted by Gasteiger charge is -2.34. The minimum absolute atomic E-state index is 0.0571. The van der Waals surface area contributed by atoms with Crippen molar-refractivity contribution in [2.45, 2.75) is 17.9 Å². The maximum atomic E-state index is 13.1. The molecule has 24 heavy (non-hydrogen) atoms. The van der Waals surface area contributed by atoms with Crippen LogP contribution in [0.4, 0.5) is 5.69 Å². The van der Waals surface area contributed by atoms with Gasteiger partial charge in [0.05, 0.1) is 22.6 Å². The highest BCUT2D eigenvalue weighted by Gasteiger charge is 2.33. The molecule has 0 amide bonds. The summed E-state index contributed by atoms with van der Waals surface area (Å²) in [6, 6.07) is 11.3. The fraction of sp³-hybridized carbons (Fsp3) is 0.188. The minimum atomic E-state index is -3.81. The molecule has 0 aliphatic carbocycles. The molecule has 2 aromatic carbocycles. The van der Waals surface area contributed by atoms with E-state index in [1.807, 2.05) is 6.92 Å². The van der Waals surface area contributed by atoms with Gasteiger partial charge in [0.15, 0.2) is 5.58 Å². The van der Waals surface area contributed by atoms with Crippen LogP contribution in [0.15, 0.2) is 56.6 Å². The van der Waals surface area contributed by atoms with Crippen LogP contribution in [0.3, 0.4) is 0 Å². The van der Waals surface area contributed by atoms with E-state index < -0.39 is 15.8 Å². The number of anilines is 1. The molecule has 124 valence electrons. The average Bonchev–Trinajstić information content (AvgIpc) is 2.93. The van der Waals surface area contributed by atoms with Gasteiger partial charge in [-0.1, -0.05) is 12.1 Å². The molecular formula is C16H14N2O5S. The lowest BCUT2D eigenvalue weighted by atomic mass is 10.2. The zero-order chi connectivity index (χ0) is 16.9. The maximum absolute atomic E-state index is 13.1. The van der Waals surface area contributed by atoms with Crippen LogP contribution in [-0.4, -0.2) is 26.1 Å². The molecule has 0 spiro atoms. The number of rotatable bonds is 2. The number of oxazole rings is 1. The van der Waals surface area contributed by atoms with Crippen molar-refractivity contribution in [2.24, 2.45) is 0 Å². The number of aromatic amines is 1. The minimum Gasteiger partial charge on any atom is -0.487 e. The summed E-state index contributed by atoms with van der Waals surface area (Å²) in [4.78, 5) is 13.8. The maximum Gasteiger partial charge on any atom is 0.417 e. The van der Waals surface area contributed by atoms with Crippen molar-refractivity contribution >= 4 is 26.8 Å². The SMILES string of the molecule is CC1CN(S(=O)(=O)c2ccc3[nH]c(=O)oc3c2)c2ccccc2O1. The summed E-state index contributed by atoms with van der Waals surface area (Å²) in [5, 5.41) is 0. The van der Waals surface area contributed by atoms with E-state index in [1.165, 1.54) is 22.5 Å². The Morgan fingerprint density at radius 3 is 2.83 bits per heavy atom. The molecular weight excluding hydrogens is 332 g/mol. The topological polar surface area (TPSA) is 92.6 Å². The quantitative estimate of drug-likeness (QED) is 0.767. The van der Waals surface area contributed by atoms with Gasteiger partial charge in [0, 0.05) is 6.07 Å². The van der Waals surface area contributed by atoms with E-state index in [0.717, 1.165) is 0 Å². The van der Waals surface area contributed by atoms with Crippen molar-refractivity contribution in [1.29, 1.82) is 0 Å². The molecule has 0 saturated carbocycles. The van der Waals surface area contributed by atoms with Crippen LogP contribution in [0.25, 0.3) is 11.1 Å². The number of hydrogen-bond donors (Lipinski definition) is 1. The van der Waals surface area contributed by atoms with Crippen LogP contribution >= 0.6 is 0 Å². The van der Waals surface area contributed by atoms with E-state index in [1.54, 1.807) is 24.3 Å². The van der Waals surface area contributed by atoms with Crippen molar-refractivity contribution < 1.29 is 17.6 Å². The highest BCUT2D eigenvalue weighted by molar-refractivity contribution is 7.92. The first-order valence-corrected chi connectivity index (χ1v) is 8.80. The fourth-order valence-electron chi connectivity index (χ4n) is 2.79. The van der Waals surface area contributed by atoms with E-state index in [2.05, 4.69) is 4.98 Å². The van der Waals surface area contributed by atoms with Crippen molar-refractivity contribution in [3.63, 3.8) is 0 Å². The van der Waals surface area contributed by atoms with Crippen molar-refractivity contribution in [3.8, 4) is 5.75 Å². The van der Waals surface area contributed by atoms with Gasteiger partial charge in [-0.3, -0.25) is 9.29 Å². The van der Waals surface area contributed by atoms with Crippen LogP contribution in [0, 0.1) is 0 Å². The van der Waals surface area contributed by atoms with Crippen LogP contribution in [0.1, 0.15) is 6.92 Å². The van der Waals surface area contributed by atoms with Crippen LogP contribution in [0.2, 0.25) is 0 Å². The molecule has 1 atom stereocenters. The predicted octanol–water partition coefficient (Wildman–Crippen LogP) is 2.10. The largest absolute Gasteiger partial charge is 0.487 e. The Morgan fingerprint density at radius 2 is 2.00 bits per heavy atom. The summed E-state index contributed by atoms with van der Waals surface area (Å²) in [5.41, 5.74) is 1.15. The third-order valence-corrected chi connectivity index (χ3v) is 5.64. The Balaban J connectivity index is 1.86. The standard InChI is InChI=1S/C16H14N2O5S/c1-10-9-18(13-4-2-3-5-14(13)22-10)24(20,21)11-6-7-12-15(8-11)23-16(19)17-12/h2-8,10H,9H2,1H3,(H,17,19). The molecule has 8 heteroatoms. The number of hydrogen-bond acceptors (Lipinski definition) is 5. The Labute approximate surface area is 137 Å². The van der Waals surface area contributed by atoms with E-state index in [0.29, 0.717) is 17.0 Å². The number of benzene rings is 2. The molecule has 1 aliphatic heterocycles. The summed E-state index contributed by atoms with van der Waals surface area (Å²) < 4.78 is 38.2. The zero-order valence-corrected chi connectivity index (χ0v) is 13.5. The zero-order valence-electron chi connectivity index (χ0n) is 12.7. The molecule has 1 aliphatic rings. The van der Waals surface area contributed by atoms with Gasteiger partial charge in [-0.25, -0.2) is 13.2 Å². The first-order chi connectivity index (χ1) is 11.4. The molecule has 7 nitrogen and oxygen atoms in total. The molecule has 4 rings (SSSR count). The van der Waals surface area contributed by atoms with Crippen molar-refractivity contribution in [3.05, 3.63) is 53.0 Å². The summed E-state index contributed by atoms with van der Waals surface area (Å²) in [6.07, 6.45) is -0.274. The second-order valence-electron chi connectivity index (χ2n) is 5.60. The van der Waals surface area contributed by atoms with Crippen molar-refractivity contribution in [2.75, 3.05) is 10.8 Å². The lowest BCUT2D eigenvalue weighted by molar-refractivity contribution is 0.219. The normalized spacial score (nSPS) is 17.5. The first kappa shape index (κ1) is 14.8. The molecule has 1 unspecified atom stereocenters. The summed E-state index contributed by atoms with van der Waals surface area (Å²) in [6.45, 7) is 2.02. The lowest BCUT2D eigenvalue weighted by Crippen LogP contribution is -2.42. The Kier molecular flexibility index (Phi) is 3.17. The first-order valence-electron chi connectivity index (χ1n) is 7.36. The predicted molar refractivity (Wildman–Crippen MR) is 87.9 cm³/mol. The third kappa shape index (κ3) is 2.26. The molecule has 0 saturated heterocycles. The third-order valence-electron chi connectivity index (χ3n) is 3.87. The molecule has 1 N–H and O–H groups in total. The van der Waals surface area contributed by atoms with Crippen LogP contribution in [-0.2, 0) is 10.0 Å². The van der Waals surface area contributed by atoms with Gasteiger partial charge in [0.2, 0.25) is 0 Å². The van der Waals surface area contributed by atoms with E-state index >= 15 is 0 Å². The molecule has 0 radical (unpaired) electrons. The Morgan fingerprint density at radius 1 is 1.21 bits per heavy atom. The number of ether oxygens (including phenoxy) is 1. The smallest absolute Gasteiger partial charge is 0.417 e. The molecule has 3 aromatic rings. The molecule has 0 bridgehead atoms. The molecule has 0 fully saturated rings. The highest BCUT2D eigenvalue weighted by Crippen LogP contribution is 2.36. The number of aromatic nitrogens is 1. The summed E-state index contributed by atoms with van der Waals surface area (Å²) >= 11 is 0. The number of fused-ring (bicyclic) bond motifs is 2.